The Morgan fingerprint density at radius 1 is 1.00 bits per heavy atom. The van der Waals surface area contributed by atoms with E-state index in [1.165, 1.54) is 4.90 Å². The number of benzene rings is 2. The number of rotatable bonds is 1. The molecule has 0 fully saturated rings. The summed E-state index contributed by atoms with van der Waals surface area (Å²) in [6.45, 7) is 0.853. The summed E-state index contributed by atoms with van der Waals surface area (Å²) in [6.07, 6.45) is 0.689. The normalized spacial score (nSPS) is 14.0. The molecule has 108 valence electrons. The van der Waals surface area contributed by atoms with Crippen LogP contribution in [-0.4, -0.2) is 17.4 Å². The van der Waals surface area contributed by atoms with Crippen molar-refractivity contribution in [3.63, 3.8) is 0 Å². The lowest BCUT2D eigenvalue weighted by Gasteiger charge is -2.29. The molecule has 1 aliphatic rings. The molecule has 0 bridgehead atoms. The fraction of sp³-hybridized carbons (Fsp3) is 0.188. The van der Waals surface area contributed by atoms with Crippen molar-refractivity contribution in [3.8, 4) is 0 Å². The summed E-state index contributed by atoms with van der Waals surface area (Å²) in [4.78, 5) is 13.8. The van der Waals surface area contributed by atoms with Gasteiger partial charge in [-0.15, -0.1) is 0 Å². The van der Waals surface area contributed by atoms with E-state index in [-0.39, 0.29) is 5.56 Å². The van der Waals surface area contributed by atoms with Crippen LogP contribution in [0.4, 0.5) is 13.2 Å². The average Bonchev–Trinajstić information content (AvgIpc) is 2.51. The minimum atomic E-state index is -1.56. The first kappa shape index (κ1) is 13.7. The molecule has 0 aromatic heterocycles. The Kier molecular flexibility index (Phi) is 3.41. The molecule has 21 heavy (non-hydrogen) atoms. The zero-order valence-electron chi connectivity index (χ0n) is 11.1. The van der Waals surface area contributed by atoms with Crippen LogP contribution in [-0.2, 0) is 13.0 Å². The standard InChI is InChI=1S/C16H12F3NO/c17-13-7-12(8-14(18)15(13)19)16(21)20-6-5-10-3-1-2-4-11(10)9-20/h1-4,7-8H,5-6,9H2. The third-order valence-corrected chi connectivity index (χ3v) is 3.65. The molecule has 0 atom stereocenters. The van der Waals surface area contributed by atoms with E-state index in [9.17, 15) is 18.0 Å². The average molecular weight is 291 g/mol. The van der Waals surface area contributed by atoms with Gasteiger partial charge in [-0.25, -0.2) is 13.2 Å². The van der Waals surface area contributed by atoms with Crippen LogP contribution in [0.15, 0.2) is 36.4 Å². The van der Waals surface area contributed by atoms with E-state index in [4.69, 9.17) is 0 Å². The second-order valence-electron chi connectivity index (χ2n) is 5.00. The fourth-order valence-electron chi connectivity index (χ4n) is 2.53. The molecular weight excluding hydrogens is 279 g/mol. The quantitative estimate of drug-likeness (QED) is 0.738. The Balaban J connectivity index is 1.87. The number of hydrogen-bond donors (Lipinski definition) is 0. The lowest BCUT2D eigenvalue weighted by molar-refractivity contribution is 0.0733. The molecule has 2 nitrogen and oxygen atoms in total. The number of carbonyl (C=O) groups is 1. The molecule has 1 heterocycles. The summed E-state index contributed by atoms with van der Waals surface area (Å²) in [5.41, 5.74) is 2.00. The Morgan fingerprint density at radius 2 is 1.62 bits per heavy atom. The minimum Gasteiger partial charge on any atom is -0.334 e. The van der Waals surface area contributed by atoms with E-state index in [2.05, 4.69) is 0 Å². The molecule has 1 aliphatic heterocycles. The van der Waals surface area contributed by atoms with E-state index in [1.807, 2.05) is 24.3 Å². The van der Waals surface area contributed by atoms with Crippen molar-refractivity contribution in [3.05, 3.63) is 70.5 Å². The molecule has 0 spiro atoms. The number of nitrogens with zero attached hydrogens (tertiary/aromatic N) is 1. The first-order valence-corrected chi connectivity index (χ1v) is 6.57. The maximum absolute atomic E-state index is 13.2. The van der Waals surface area contributed by atoms with Gasteiger partial charge in [0.05, 0.1) is 0 Å². The number of amides is 1. The molecule has 3 rings (SSSR count). The molecule has 2 aromatic carbocycles. The van der Waals surface area contributed by atoms with E-state index in [0.29, 0.717) is 19.5 Å². The highest BCUT2D eigenvalue weighted by Crippen LogP contribution is 2.21. The number of halogens is 3. The Labute approximate surface area is 119 Å². The molecule has 0 radical (unpaired) electrons. The van der Waals surface area contributed by atoms with Crippen LogP contribution >= 0.6 is 0 Å². The topological polar surface area (TPSA) is 20.3 Å². The van der Waals surface area contributed by atoms with Crippen molar-refractivity contribution in [1.82, 2.24) is 4.90 Å². The van der Waals surface area contributed by atoms with Gasteiger partial charge in [-0.05, 0) is 29.7 Å². The van der Waals surface area contributed by atoms with Gasteiger partial charge in [0.25, 0.3) is 5.91 Å². The summed E-state index contributed by atoms with van der Waals surface area (Å²) in [5, 5.41) is 0. The first-order valence-electron chi connectivity index (χ1n) is 6.57. The number of fused-ring (bicyclic) bond motifs is 1. The Hall–Kier alpha value is -2.30. The Morgan fingerprint density at radius 3 is 2.29 bits per heavy atom. The van der Waals surface area contributed by atoms with Crippen LogP contribution in [0.25, 0.3) is 0 Å². The van der Waals surface area contributed by atoms with Gasteiger partial charge in [-0.1, -0.05) is 24.3 Å². The van der Waals surface area contributed by atoms with Gasteiger partial charge in [0.15, 0.2) is 17.5 Å². The second-order valence-corrected chi connectivity index (χ2v) is 5.00. The van der Waals surface area contributed by atoms with Crippen molar-refractivity contribution in [1.29, 1.82) is 0 Å². The van der Waals surface area contributed by atoms with E-state index >= 15 is 0 Å². The molecule has 0 aliphatic carbocycles. The monoisotopic (exact) mass is 291 g/mol. The summed E-state index contributed by atoms with van der Waals surface area (Å²) in [7, 11) is 0. The van der Waals surface area contributed by atoms with Gasteiger partial charge in [0.1, 0.15) is 0 Å². The van der Waals surface area contributed by atoms with Crippen LogP contribution in [0.3, 0.4) is 0 Å². The van der Waals surface area contributed by atoms with Crippen molar-refractivity contribution in [2.45, 2.75) is 13.0 Å². The van der Waals surface area contributed by atoms with Crippen molar-refractivity contribution < 1.29 is 18.0 Å². The highest BCUT2D eigenvalue weighted by Gasteiger charge is 2.23. The van der Waals surface area contributed by atoms with Crippen molar-refractivity contribution >= 4 is 5.91 Å². The highest BCUT2D eigenvalue weighted by atomic mass is 19.2. The lowest BCUT2D eigenvalue weighted by Crippen LogP contribution is -2.36. The molecule has 2 aromatic rings. The Bertz CT molecular complexity index is 691. The van der Waals surface area contributed by atoms with Crippen LogP contribution in [0, 0.1) is 17.5 Å². The molecule has 5 heteroatoms. The van der Waals surface area contributed by atoms with Gasteiger partial charge in [0.2, 0.25) is 0 Å². The van der Waals surface area contributed by atoms with Crippen LogP contribution in [0.1, 0.15) is 21.5 Å². The van der Waals surface area contributed by atoms with Crippen LogP contribution < -0.4 is 0 Å². The summed E-state index contributed by atoms with van der Waals surface area (Å²) in [5.74, 6) is -4.76. The second kappa shape index (κ2) is 5.24. The zero-order chi connectivity index (χ0) is 15.0. The maximum atomic E-state index is 13.2. The third kappa shape index (κ3) is 2.51. The molecule has 0 unspecified atom stereocenters. The lowest BCUT2D eigenvalue weighted by atomic mass is 9.99. The summed E-state index contributed by atoms with van der Waals surface area (Å²) >= 11 is 0. The minimum absolute atomic E-state index is 0.175. The third-order valence-electron chi connectivity index (χ3n) is 3.65. The summed E-state index contributed by atoms with van der Waals surface area (Å²) in [6, 6.07) is 9.20. The molecule has 0 N–H and O–H groups in total. The molecule has 1 amide bonds. The van der Waals surface area contributed by atoms with E-state index < -0.39 is 23.4 Å². The fourth-order valence-corrected chi connectivity index (χ4v) is 2.53. The highest BCUT2D eigenvalue weighted by molar-refractivity contribution is 5.94. The molecular formula is C16H12F3NO. The van der Waals surface area contributed by atoms with Gasteiger partial charge in [-0.2, -0.15) is 0 Å². The smallest absolute Gasteiger partial charge is 0.254 e. The number of hydrogen-bond acceptors (Lipinski definition) is 1. The van der Waals surface area contributed by atoms with Gasteiger partial charge < -0.3 is 4.90 Å². The van der Waals surface area contributed by atoms with E-state index in [1.54, 1.807) is 0 Å². The molecule has 0 saturated heterocycles. The SMILES string of the molecule is O=C(c1cc(F)c(F)c(F)c1)N1CCc2ccccc2C1. The number of carbonyl (C=O) groups excluding carboxylic acids is 1. The van der Waals surface area contributed by atoms with Gasteiger partial charge >= 0.3 is 0 Å². The van der Waals surface area contributed by atoms with Crippen molar-refractivity contribution in [2.24, 2.45) is 0 Å². The largest absolute Gasteiger partial charge is 0.334 e. The maximum Gasteiger partial charge on any atom is 0.254 e. The molecule has 0 saturated carbocycles. The van der Waals surface area contributed by atoms with Crippen LogP contribution in [0.2, 0.25) is 0 Å². The first-order chi connectivity index (χ1) is 10.1. The van der Waals surface area contributed by atoms with Crippen molar-refractivity contribution in [2.75, 3.05) is 6.54 Å². The summed E-state index contributed by atoms with van der Waals surface area (Å²) < 4.78 is 39.4. The van der Waals surface area contributed by atoms with Gasteiger partial charge in [-0.3, -0.25) is 4.79 Å². The van der Waals surface area contributed by atoms with E-state index in [0.717, 1.165) is 23.3 Å². The predicted octanol–water partition coefficient (Wildman–Crippen LogP) is 3.30. The van der Waals surface area contributed by atoms with Gasteiger partial charge in [0, 0.05) is 18.7 Å². The zero-order valence-corrected chi connectivity index (χ0v) is 11.1. The van der Waals surface area contributed by atoms with Crippen LogP contribution in [0.5, 0.6) is 0 Å². The predicted molar refractivity (Wildman–Crippen MR) is 71.2 cm³/mol.